The second-order valence-electron chi connectivity index (χ2n) is 10.1. The van der Waals surface area contributed by atoms with Crippen molar-refractivity contribution in [2.24, 2.45) is 32.5 Å². The molecule has 0 unspecified atom stereocenters. The van der Waals surface area contributed by atoms with Gasteiger partial charge in [0.2, 0.25) is 0 Å². The van der Waals surface area contributed by atoms with Crippen LogP contribution < -0.4 is 0 Å². The van der Waals surface area contributed by atoms with Crippen LogP contribution >= 0.6 is 0 Å². The predicted octanol–water partition coefficient (Wildman–Crippen LogP) is 8.50. The van der Waals surface area contributed by atoms with Crippen molar-refractivity contribution in [3.8, 4) is 0 Å². The van der Waals surface area contributed by atoms with Crippen molar-refractivity contribution < 1.29 is 0 Å². The fourth-order valence-corrected chi connectivity index (χ4v) is 8.34. The highest BCUT2D eigenvalue weighted by molar-refractivity contribution is 5.24. The number of hydrogen-bond donors (Lipinski definition) is 0. The van der Waals surface area contributed by atoms with Crippen LogP contribution in [-0.4, -0.2) is 0 Å². The zero-order valence-electron chi connectivity index (χ0n) is 19.2. The lowest BCUT2D eigenvalue weighted by Crippen LogP contribution is -2.74. The summed E-state index contributed by atoms with van der Waals surface area (Å²) in [6.07, 6.45) is 7.71. The van der Waals surface area contributed by atoms with Gasteiger partial charge in [-0.25, -0.2) is 0 Å². The maximum absolute atomic E-state index is 2.65. The minimum atomic E-state index is 0.355. The quantitative estimate of drug-likeness (QED) is 0.456. The van der Waals surface area contributed by atoms with Gasteiger partial charge in [0.05, 0.1) is 0 Å². The maximum atomic E-state index is 2.65. The Hall–Kier alpha value is 0. The lowest BCUT2D eigenvalue weighted by Gasteiger charge is -2.80. The van der Waals surface area contributed by atoms with Gasteiger partial charge in [0.1, 0.15) is 0 Å². The van der Waals surface area contributed by atoms with E-state index in [1.807, 2.05) is 0 Å². The van der Waals surface area contributed by atoms with Crippen molar-refractivity contribution in [1.29, 1.82) is 0 Å². The molecule has 0 aliphatic heterocycles. The van der Waals surface area contributed by atoms with Crippen LogP contribution in [0.15, 0.2) is 0 Å². The normalized spacial score (nSPS) is 52.5. The van der Waals surface area contributed by atoms with E-state index in [1.165, 1.54) is 38.5 Å². The van der Waals surface area contributed by atoms with E-state index in [0.29, 0.717) is 32.5 Å². The molecule has 0 N–H and O–H groups in total. The monoisotopic (exact) mass is 336 g/mol. The van der Waals surface area contributed by atoms with Gasteiger partial charge in [0.15, 0.2) is 0 Å². The third-order valence-corrected chi connectivity index (χ3v) is 11.5. The van der Waals surface area contributed by atoms with E-state index in [2.05, 4.69) is 83.1 Å². The molecule has 0 bridgehead atoms. The molecule has 1 rings (SSSR count). The van der Waals surface area contributed by atoms with Crippen LogP contribution in [0.25, 0.3) is 0 Å². The van der Waals surface area contributed by atoms with Gasteiger partial charge in [0.25, 0.3) is 0 Å². The van der Waals surface area contributed by atoms with Gasteiger partial charge in [-0.1, -0.05) is 83.1 Å². The average Bonchev–Trinajstić information content (AvgIpc) is 2.62. The number of hydrogen-bond acceptors (Lipinski definition) is 0. The van der Waals surface area contributed by atoms with E-state index in [-0.39, 0.29) is 0 Å². The molecule has 0 nitrogen and oxygen atoms in total. The van der Waals surface area contributed by atoms with Gasteiger partial charge < -0.3 is 0 Å². The molecule has 0 aromatic rings. The highest BCUT2D eigenvalue weighted by Gasteiger charge is 2.76. The molecule has 1 saturated carbocycles. The van der Waals surface area contributed by atoms with Crippen LogP contribution in [-0.2, 0) is 0 Å². The Bertz CT molecular complexity index is 320. The van der Waals surface area contributed by atoms with Gasteiger partial charge in [-0.05, 0) is 71.0 Å². The summed E-state index contributed by atoms with van der Waals surface area (Å²) in [4.78, 5) is 0. The van der Waals surface area contributed by atoms with E-state index in [4.69, 9.17) is 0 Å². The summed E-state index contributed by atoms with van der Waals surface area (Å²) in [5, 5.41) is 0. The Labute approximate surface area is 154 Å². The highest BCUT2D eigenvalue weighted by Crippen LogP contribution is 2.82. The molecular weight excluding hydrogens is 288 g/mol. The molecule has 144 valence electrons. The second kappa shape index (κ2) is 6.31. The van der Waals surface area contributed by atoms with E-state index < -0.39 is 0 Å². The Morgan fingerprint density at radius 1 is 0.292 bits per heavy atom. The molecule has 1 fully saturated rings. The topological polar surface area (TPSA) is 0 Å². The van der Waals surface area contributed by atoms with Crippen molar-refractivity contribution >= 4 is 0 Å². The molecule has 0 amide bonds. The summed E-state index contributed by atoms with van der Waals surface area (Å²) in [6, 6.07) is 0. The zero-order valence-corrected chi connectivity index (χ0v) is 19.2. The van der Waals surface area contributed by atoms with Gasteiger partial charge in [-0.3, -0.25) is 0 Å². The van der Waals surface area contributed by atoms with Gasteiger partial charge in [0, 0.05) is 0 Å². The zero-order chi connectivity index (χ0) is 19.2. The first kappa shape index (κ1) is 22.0. The summed E-state index contributed by atoms with van der Waals surface area (Å²) < 4.78 is 0. The Morgan fingerprint density at radius 2 is 0.375 bits per heavy atom. The first-order valence-electron chi connectivity index (χ1n) is 10.9. The van der Waals surface area contributed by atoms with Crippen LogP contribution in [0.5, 0.6) is 0 Å². The minimum absolute atomic E-state index is 0.355. The molecule has 0 aromatic carbocycles. The summed E-state index contributed by atoms with van der Waals surface area (Å²) >= 11 is 0. The standard InChI is InChI=1S/C24H48/c1-13-19(7)20(8,14-2)22(10,16-4)24(12,18-6)23(11,17-5)21(19,9)15-3/h13-18H2,1-12H3. The summed E-state index contributed by atoms with van der Waals surface area (Å²) in [5.41, 5.74) is 2.13. The van der Waals surface area contributed by atoms with Crippen molar-refractivity contribution in [3.05, 3.63) is 0 Å². The molecule has 1 aliphatic carbocycles. The molecule has 0 heterocycles. The molecule has 0 radical (unpaired) electrons. The van der Waals surface area contributed by atoms with Crippen LogP contribution in [0, 0.1) is 32.5 Å². The Balaban J connectivity index is 4.06. The first-order valence-corrected chi connectivity index (χ1v) is 10.9. The number of rotatable bonds is 6. The lowest BCUT2D eigenvalue weighted by molar-refractivity contribution is -0.323. The van der Waals surface area contributed by atoms with Gasteiger partial charge in [-0.2, -0.15) is 0 Å². The van der Waals surface area contributed by atoms with Crippen molar-refractivity contribution in [2.75, 3.05) is 0 Å². The maximum Gasteiger partial charge on any atom is -0.0210 e. The fourth-order valence-electron chi connectivity index (χ4n) is 8.34. The summed E-state index contributed by atoms with van der Waals surface area (Å²) in [5.74, 6) is 0. The molecular formula is C24H48. The first-order chi connectivity index (χ1) is 10.9. The Morgan fingerprint density at radius 3 is 0.417 bits per heavy atom. The molecule has 0 saturated heterocycles. The van der Waals surface area contributed by atoms with Gasteiger partial charge >= 0.3 is 0 Å². The van der Waals surface area contributed by atoms with E-state index in [0.717, 1.165) is 0 Å². The minimum Gasteiger partial charge on any atom is -0.0648 e. The fraction of sp³-hybridized carbons (Fsp3) is 1.00. The van der Waals surface area contributed by atoms with E-state index in [9.17, 15) is 0 Å². The lowest BCUT2D eigenvalue weighted by atomic mass is 9.24. The van der Waals surface area contributed by atoms with Gasteiger partial charge in [-0.15, -0.1) is 0 Å². The third kappa shape index (κ3) is 1.87. The highest BCUT2D eigenvalue weighted by atomic mass is 14.8. The molecule has 1 aliphatic rings. The SMILES string of the molecule is CCC1(C)C(C)(CC)C(C)(CC)C(C)(CC)C(C)(CC)C1(C)CC. The Kier molecular flexibility index (Phi) is 5.80. The van der Waals surface area contributed by atoms with Crippen LogP contribution in [0.2, 0.25) is 0 Å². The molecule has 0 spiro atoms. The van der Waals surface area contributed by atoms with Crippen molar-refractivity contribution in [3.63, 3.8) is 0 Å². The molecule has 0 aromatic heterocycles. The second-order valence-corrected chi connectivity index (χ2v) is 10.1. The van der Waals surface area contributed by atoms with Crippen LogP contribution in [0.3, 0.4) is 0 Å². The predicted molar refractivity (Wildman–Crippen MR) is 110 cm³/mol. The molecule has 24 heavy (non-hydrogen) atoms. The van der Waals surface area contributed by atoms with Crippen LogP contribution in [0.4, 0.5) is 0 Å². The summed E-state index contributed by atoms with van der Waals surface area (Å²) in [6.45, 7) is 30.7. The molecule has 0 heteroatoms. The average molecular weight is 337 g/mol. The van der Waals surface area contributed by atoms with E-state index >= 15 is 0 Å². The third-order valence-electron chi connectivity index (χ3n) is 11.5. The van der Waals surface area contributed by atoms with Crippen molar-refractivity contribution in [2.45, 2.75) is 122 Å². The van der Waals surface area contributed by atoms with Crippen molar-refractivity contribution in [1.82, 2.24) is 0 Å². The largest absolute Gasteiger partial charge is 0.0648 e. The van der Waals surface area contributed by atoms with E-state index in [1.54, 1.807) is 0 Å². The smallest absolute Gasteiger partial charge is 0.0210 e. The molecule has 0 atom stereocenters. The van der Waals surface area contributed by atoms with Crippen LogP contribution in [0.1, 0.15) is 122 Å². The summed E-state index contributed by atoms with van der Waals surface area (Å²) in [7, 11) is 0.